The number of rotatable bonds is 12. The monoisotopic (exact) mass is 832 g/mol. The molecule has 0 N–H and O–H groups in total. The zero-order valence-corrected chi connectivity index (χ0v) is 39.7. The minimum absolute atomic E-state index is 0. The fraction of sp³-hybridized carbons (Fsp3) is 0.143. The fourth-order valence-electron chi connectivity index (χ4n) is 3.87. The molecule has 0 aliphatic carbocycles. The second-order valence-corrected chi connectivity index (χ2v) is 12.6. The quantitative estimate of drug-likeness (QED) is 0.0711. The molecule has 0 bridgehead atoms. The third kappa shape index (κ3) is 23.1. The second kappa shape index (κ2) is 28.5. The summed E-state index contributed by atoms with van der Waals surface area (Å²) in [7, 11) is -15.6. The SMILES string of the molecule is C=CC(=O)N(Cc1[c-]cc(S(=O)(=O)[O-])cc1)Cc1cccc(CN(Cc2cc[c-]cc2S(=O)(=O)[O-])C(=O)C=C)c1.O=S(=O)=O.O=S(=O)=O.[Na+].[Na+].[Na+].[Na+]. The molecule has 0 radical (unpaired) electrons. The molecule has 3 aromatic carbocycles. The van der Waals surface area contributed by atoms with Crippen LogP contribution in [0.3, 0.4) is 0 Å². The second-order valence-electron chi connectivity index (χ2n) is 9.02. The number of nitrogens with zero attached hydrogens (tertiary/aromatic N) is 2. The Bertz CT molecular complexity index is 2060. The molecule has 0 unspecified atom stereocenters. The van der Waals surface area contributed by atoms with Crippen LogP contribution in [0.4, 0.5) is 0 Å². The van der Waals surface area contributed by atoms with E-state index in [1.807, 2.05) is 0 Å². The van der Waals surface area contributed by atoms with Gasteiger partial charge in [-0.15, -0.1) is 36.4 Å². The predicted octanol–water partition coefficient (Wildman–Crippen LogP) is -11.5. The largest absolute Gasteiger partial charge is 1.00 e. The maximum absolute atomic E-state index is 12.6. The molecule has 52 heavy (non-hydrogen) atoms. The summed E-state index contributed by atoms with van der Waals surface area (Å²) in [5.41, 5.74) is 1.94. The maximum Gasteiger partial charge on any atom is 1.00 e. The predicted molar refractivity (Wildman–Crippen MR) is 161 cm³/mol. The van der Waals surface area contributed by atoms with Crippen LogP contribution in [0, 0.1) is 12.1 Å². The van der Waals surface area contributed by atoms with Crippen molar-refractivity contribution < 1.29 is 179 Å². The molecule has 16 nitrogen and oxygen atoms in total. The molecule has 0 atom stereocenters. The number of benzene rings is 3. The first-order valence-corrected chi connectivity index (χ1v) is 17.5. The Morgan fingerprint density at radius 1 is 0.692 bits per heavy atom. The van der Waals surface area contributed by atoms with Gasteiger partial charge in [0.05, 0.1) is 20.2 Å². The van der Waals surface area contributed by atoms with E-state index >= 15 is 0 Å². The summed E-state index contributed by atoms with van der Waals surface area (Å²) in [6, 6.07) is 19.7. The first kappa shape index (κ1) is 57.9. The van der Waals surface area contributed by atoms with Gasteiger partial charge in [-0.3, -0.25) is 26.4 Å². The number of amides is 2. The molecule has 258 valence electrons. The zero-order chi connectivity index (χ0) is 36.7. The number of carbonyl (C=O) groups excluding carboxylic acids is 2. The Morgan fingerprint density at radius 2 is 1.15 bits per heavy atom. The van der Waals surface area contributed by atoms with E-state index in [-0.39, 0.29) is 150 Å². The van der Waals surface area contributed by atoms with Gasteiger partial charge in [0.25, 0.3) is 0 Å². The van der Waals surface area contributed by atoms with E-state index in [1.54, 1.807) is 24.3 Å². The molecule has 0 aliphatic rings. The normalized spacial score (nSPS) is 9.73. The number of hydrogen-bond acceptors (Lipinski definition) is 14. The average molecular weight is 833 g/mol. The van der Waals surface area contributed by atoms with E-state index in [0.717, 1.165) is 30.4 Å². The van der Waals surface area contributed by atoms with Crippen molar-refractivity contribution in [3.63, 3.8) is 0 Å². The van der Waals surface area contributed by atoms with Crippen molar-refractivity contribution in [2.24, 2.45) is 0 Å². The smallest absolute Gasteiger partial charge is 0.754 e. The Kier molecular flexibility index (Phi) is 31.7. The van der Waals surface area contributed by atoms with Gasteiger partial charge in [0.2, 0.25) is 11.8 Å². The van der Waals surface area contributed by atoms with Crippen LogP contribution in [0.15, 0.2) is 95.8 Å². The van der Waals surface area contributed by atoms with Gasteiger partial charge in [-0.25, -0.2) is 0 Å². The summed E-state index contributed by atoms with van der Waals surface area (Å²) in [4.78, 5) is 27.0. The van der Waals surface area contributed by atoms with Gasteiger partial charge in [0.1, 0.15) is 0 Å². The van der Waals surface area contributed by atoms with Crippen LogP contribution in [-0.2, 0) is 77.2 Å². The molecule has 2 amide bonds. The Labute approximate surface area is 392 Å². The third-order valence-corrected chi connectivity index (χ3v) is 7.50. The zero-order valence-electron chi connectivity index (χ0n) is 28.4. The van der Waals surface area contributed by atoms with Gasteiger partial charge < -0.3 is 18.9 Å². The van der Waals surface area contributed by atoms with Crippen LogP contribution in [0.1, 0.15) is 22.3 Å². The third-order valence-electron chi connectivity index (χ3n) is 5.75. The summed E-state index contributed by atoms with van der Waals surface area (Å²) >= 11 is 0. The summed E-state index contributed by atoms with van der Waals surface area (Å²) in [5.74, 6) is -0.898. The summed E-state index contributed by atoms with van der Waals surface area (Å²) < 4.78 is 119. The molecule has 0 saturated carbocycles. The molecule has 0 aromatic heterocycles. The Morgan fingerprint density at radius 3 is 1.54 bits per heavy atom. The van der Waals surface area contributed by atoms with E-state index in [0.29, 0.717) is 16.7 Å². The summed E-state index contributed by atoms with van der Waals surface area (Å²) in [6.07, 6.45) is 2.21. The Balaban J connectivity index is -0.000000870. The van der Waals surface area contributed by atoms with Gasteiger partial charge in [0.15, 0.2) is 0 Å². The first-order chi connectivity index (χ1) is 22.3. The molecule has 0 spiro atoms. The van der Waals surface area contributed by atoms with Crippen molar-refractivity contribution in [1.29, 1.82) is 0 Å². The molecule has 0 heterocycles. The average Bonchev–Trinajstić information content (AvgIpc) is 2.99. The molecule has 0 aliphatic heterocycles. The van der Waals surface area contributed by atoms with Gasteiger partial charge in [-0.1, -0.05) is 42.3 Å². The van der Waals surface area contributed by atoms with Gasteiger partial charge in [-0.05, 0) is 28.2 Å². The van der Waals surface area contributed by atoms with Crippen LogP contribution in [0.25, 0.3) is 0 Å². The van der Waals surface area contributed by atoms with Crippen LogP contribution in [0.5, 0.6) is 0 Å². The molecule has 3 rings (SSSR count). The van der Waals surface area contributed by atoms with Gasteiger partial charge in [0, 0.05) is 26.2 Å². The number of carbonyl (C=O) groups is 2. The van der Waals surface area contributed by atoms with Crippen molar-refractivity contribution in [3.8, 4) is 0 Å². The van der Waals surface area contributed by atoms with Gasteiger partial charge in [-0.2, -0.15) is 48.5 Å². The van der Waals surface area contributed by atoms with Crippen LogP contribution in [0.2, 0.25) is 0 Å². The van der Waals surface area contributed by atoms with Crippen molar-refractivity contribution in [2.75, 3.05) is 0 Å². The molecule has 3 aromatic rings. The van der Waals surface area contributed by atoms with Crippen LogP contribution >= 0.6 is 0 Å². The van der Waals surface area contributed by atoms with Crippen LogP contribution < -0.4 is 118 Å². The molecule has 0 fully saturated rings. The first-order valence-electron chi connectivity index (χ1n) is 12.6. The van der Waals surface area contributed by atoms with E-state index < -0.39 is 63.1 Å². The van der Waals surface area contributed by atoms with Crippen molar-refractivity contribution in [1.82, 2.24) is 9.80 Å². The summed E-state index contributed by atoms with van der Waals surface area (Å²) in [6.45, 7) is 7.06. The van der Waals surface area contributed by atoms with Crippen molar-refractivity contribution in [2.45, 2.75) is 36.0 Å². The fourth-order valence-corrected chi connectivity index (χ4v) is 4.97. The topological polar surface area (TPSA) is 257 Å². The standard InChI is InChI=1S/C28H26N2O8S2.4Na.2O3S/c1-3-27(31)29(17-21-12-14-25(15-13-21)39(33,34)35)18-22-8-7-9-23(16-22)19-30(28(32)4-2)20-24-10-5-6-11-26(24)40(36,37)38;;;;;2*1-4(2)3/h3-5,7-12,14-16H,1-2,17-20H2,(H,33,34,35)(H,36,37,38);;;;;;/q-2;4*+1;;/p-2. The van der Waals surface area contributed by atoms with Crippen molar-refractivity contribution in [3.05, 3.63) is 120 Å². The molecular formula is C28H24N2Na4O14S4. The number of hydrogen-bond donors (Lipinski definition) is 0. The van der Waals surface area contributed by atoms with E-state index in [4.69, 9.17) is 25.3 Å². The minimum atomic E-state index is -4.79. The molecule has 24 heteroatoms. The maximum atomic E-state index is 12.6. The van der Waals surface area contributed by atoms with E-state index in [9.17, 15) is 35.5 Å². The van der Waals surface area contributed by atoms with E-state index in [1.165, 1.54) is 28.0 Å². The van der Waals surface area contributed by atoms with Crippen molar-refractivity contribution >= 4 is 53.3 Å². The van der Waals surface area contributed by atoms with Crippen LogP contribution in [-0.4, -0.2) is 72.8 Å². The molecular weight excluding hydrogens is 809 g/mol. The Hall–Kier alpha value is -0.860. The van der Waals surface area contributed by atoms with E-state index in [2.05, 4.69) is 25.3 Å². The molecule has 0 saturated heterocycles. The minimum Gasteiger partial charge on any atom is -0.754 e. The van der Waals surface area contributed by atoms with Gasteiger partial charge >= 0.3 is 139 Å². The summed E-state index contributed by atoms with van der Waals surface area (Å²) in [5, 5.41) is 0.